The van der Waals surface area contributed by atoms with E-state index < -0.39 is 11.2 Å². The highest BCUT2D eigenvalue weighted by molar-refractivity contribution is 8.00. The zero-order valence-corrected chi connectivity index (χ0v) is 17.7. The maximum absolute atomic E-state index is 12.6. The number of rotatable bonds is 6. The molecule has 4 N–H and O–H groups in total. The number of aromatic nitrogens is 1. The number of para-hydroxylation sites is 1. The Morgan fingerprint density at radius 1 is 1.23 bits per heavy atom. The highest BCUT2D eigenvalue weighted by Gasteiger charge is 2.23. The maximum atomic E-state index is 12.6. The third-order valence-corrected chi connectivity index (χ3v) is 6.13. The molecule has 0 bridgehead atoms. The molecule has 7 nitrogen and oxygen atoms in total. The molecule has 8 heteroatoms. The molecule has 1 aromatic carbocycles. The number of benzene rings is 1. The third kappa shape index (κ3) is 5.51. The van der Waals surface area contributed by atoms with Gasteiger partial charge in [-0.3, -0.25) is 9.59 Å². The van der Waals surface area contributed by atoms with E-state index >= 15 is 0 Å². The number of nitrogens with one attached hydrogen (secondary N) is 2. The van der Waals surface area contributed by atoms with Crippen molar-refractivity contribution in [3.63, 3.8) is 0 Å². The Kier molecular flexibility index (Phi) is 7.31. The van der Waals surface area contributed by atoms with E-state index in [-0.39, 0.29) is 28.9 Å². The maximum Gasteiger partial charge on any atom is 0.259 e. The fourth-order valence-electron chi connectivity index (χ4n) is 3.37. The van der Waals surface area contributed by atoms with Crippen LogP contribution in [0.25, 0.3) is 0 Å². The topological polar surface area (TPSA) is 121 Å². The summed E-state index contributed by atoms with van der Waals surface area (Å²) in [7, 11) is 0. The summed E-state index contributed by atoms with van der Waals surface area (Å²) in [5.74, 6) is -0.505. The average molecular weight is 424 g/mol. The van der Waals surface area contributed by atoms with Crippen LogP contribution in [0, 0.1) is 11.3 Å². The van der Waals surface area contributed by atoms with Gasteiger partial charge in [0.1, 0.15) is 16.9 Å². The molecule has 2 amide bonds. The summed E-state index contributed by atoms with van der Waals surface area (Å²) in [6.45, 7) is 1.78. The highest BCUT2D eigenvalue weighted by Crippen LogP contribution is 2.28. The standard InChI is InChI=1S/C22H25N5O2S/c1-14(20(28)25-16-8-4-2-5-9-16)30-22-15(13-23)12-18(19(24)27-22)21(29)26-17-10-6-3-7-11-17/h3,6-7,10-12,14,16H,2,4-5,8-9H2,1H3,(H2,24,27)(H,25,28)(H,26,29)/t14-/m1/s1. The van der Waals surface area contributed by atoms with Gasteiger partial charge in [0.25, 0.3) is 5.91 Å². The number of nitrogens with zero attached hydrogens (tertiary/aromatic N) is 2. The molecule has 0 radical (unpaired) electrons. The number of pyridine rings is 1. The van der Waals surface area contributed by atoms with Gasteiger partial charge < -0.3 is 16.4 Å². The number of carbonyl (C=O) groups is 2. The molecule has 1 fully saturated rings. The summed E-state index contributed by atoms with van der Waals surface area (Å²) >= 11 is 1.17. The summed E-state index contributed by atoms with van der Waals surface area (Å²) in [4.78, 5) is 29.3. The first-order chi connectivity index (χ1) is 14.5. The molecule has 0 saturated heterocycles. The Labute approximate surface area is 180 Å². The van der Waals surface area contributed by atoms with Gasteiger partial charge in [-0.2, -0.15) is 5.26 Å². The number of amides is 2. The van der Waals surface area contributed by atoms with E-state index in [2.05, 4.69) is 21.7 Å². The number of carbonyl (C=O) groups excluding carboxylic acids is 2. The van der Waals surface area contributed by atoms with E-state index in [1.54, 1.807) is 31.2 Å². The van der Waals surface area contributed by atoms with Crippen molar-refractivity contribution in [3.05, 3.63) is 47.5 Å². The number of hydrogen-bond donors (Lipinski definition) is 3. The van der Waals surface area contributed by atoms with Gasteiger partial charge in [-0.15, -0.1) is 0 Å². The first-order valence-corrected chi connectivity index (χ1v) is 10.9. The van der Waals surface area contributed by atoms with Crippen molar-refractivity contribution in [1.29, 1.82) is 5.26 Å². The van der Waals surface area contributed by atoms with E-state index in [9.17, 15) is 14.9 Å². The van der Waals surface area contributed by atoms with Crippen molar-refractivity contribution in [2.75, 3.05) is 11.1 Å². The minimum atomic E-state index is -0.442. The van der Waals surface area contributed by atoms with Gasteiger partial charge in [-0.25, -0.2) is 4.98 Å². The fourth-order valence-corrected chi connectivity index (χ4v) is 4.26. The molecule has 1 aliphatic carbocycles. The number of nitriles is 1. The molecule has 1 aliphatic rings. The van der Waals surface area contributed by atoms with E-state index in [0.29, 0.717) is 10.7 Å². The van der Waals surface area contributed by atoms with Crippen LogP contribution in [0.5, 0.6) is 0 Å². The second-order valence-electron chi connectivity index (χ2n) is 7.31. The lowest BCUT2D eigenvalue weighted by Crippen LogP contribution is -2.40. The normalized spacial score (nSPS) is 15.1. The van der Waals surface area contributed by atoms with Crippen molar-refractivity contribution in [2.45, 2.75) is 55.3 Å². The first kappa shape index (κ1) is 21.7. The van der Waals surface area contributed by atoms with Gasteiger partial charge in [0.15, 0.2) is 0 Å². The van der Waals surface area contributed by atoms with Crippen molar-refractivity contribution in [2.24, 2.45) is 0 Å². The molecular formula is C22H25N5O2S. The van der Waals surface area contributed by atoms with Crippen molar-refractivity contribution in [1.82, 2.24) is 10.3 Å². The van der Waals surface area contributed by atoms with Crippen molar-refractivity contribution >= 4 is 35.1 Å². The van der Waals surface area contributed by atoms with E-state index in [4.69, 9.17) is 5.73 Å². The monoisotopic (exact) mass is 423 g/mol. The van der Waals surface area contributed by atoms with E-state index in [1.165, 1.54) is 24.2 Å². The molecule has 1 saturated carbocycles. The summed E-state index contributed by atoms with van der Waals surface area (Å²) in [5, 5.41) is 15.3. The Hall–Kier alpha value is -3.05. The third-order valence-electron chi connectivity index (χ3n) is 5.02. The molecule has 30 heavy (non-hydrogen) atoms. The molecule has 156 valence electrons. The lowest BCUT2D eigenvalue weighted by molar-refractivity contribution is -0.121. The van der Waals surface area contributed by atoms with Gasteiger partial charge in [0.2, 0.25) is 5.91 Å². The number of nitrogens with two attached hydrogens (primary N) is 1. The van der Waals surface area contributed by atoms with E-state index in [0.717, 1.165) is 25.7 Å². The van der Waals surface area contributed by atoms with Crippen LogP contribution in [0.2, 0.25) is 0 Å². The first-order valence-electron chi connectivity index (χ1n) is 10.0. The summed E-state index contributed by atoms with van der Waals surface area (Å²) in [6.07, 6.45) is 5.49. The Morgan fingerprint density at radius 2 is 1.93 bits per heavy atom. The number of hydrogen-bond acceptors (Lipinski definition) is 6. The summed E-state index contributed by atoms with van der Waals surface area (Å²) in [6, 6.07) is 12.7. The molecular weight excluding hydrogens is 398 g/mol. The number of anilines is 2. The minimum absolute atomic E-state index is 0.0184. The van der Waals surface area contributed by atoms with Crippen LogP contribution in [-0.4, -0.2) is 28.1 Å². The predicted octanol–water partition coefficient (Wildman–Crippen LogP) is 3.72. The molecule has 3 rings (SSSR count). The van der Waals surface area contributed by atoms with Crippen molar-refractivity contribution < 1.29 is 9.59 Å². The smallest absolute Gasteiger partial charge is 0.259 e. The molecule has 2 aromatic rings. The zero-order chi connectivity index (χ0) is 21.5. The van der Waals surface area contributed by atoms with Gasteiger partial charge in [0.05, 0.1) is 16.4 Å². The number of thioether (sulfide) groups is 1. The largest absolute Gasteiger partial charge is 0.383 e. The highest BCUT2D eigenvalue weighted by atomic mass is 32.2. The predicted molar refractivity (Wildman–Crippen MR) is 118 cm³/mol. The molecule has 0 aliphatic heterocycles. The van der Waals surface area contributed by atoms with Gasteiger partial charge in [-0.05, 0) is 38.0 Å². The summed E-state index contributed by atoms with van der Waals surface area (Å²) < 4.78 is 0. The zero-order valence-electron chi connectivity index (χ0n) is 16.9. The van der Waals surface area contributed by atoms with Crippen LogP contribution < -0.4 is 16.4 Å². The van der Waals surface area contributed by atoms with Crippen LogP contribution in [0.4, 0.5) is 11.5 Å². The minimum Gasteiger partial charge on any atom is -0.383 e. The molecule has 1 aromatic heterocycles. The lowest BCUT2D eigenvalue weighted by Gasteiger charge is -2.24. The Balaban J connectivity index is 1.71. The van der Waals surface area contributed by atoms with Crippen LogP contribution in [0.15, 0.2) is 41.4 Å². The quantitative estimate of drug-likeness (QED) is 0.609. The molecule has 1 heterocycles. The average Bonchev–Trinajstić information content (AvgIpc) is 2.75. The van der Waals surface area contributed by atoms with Crippen LogP contribution in [-0.2, 0) is 4.79 Å². The van der Waals surface area contributed by atoms with E-state index in [1.807, 2.05) is 6.07 Å². The van der Waals surface area contributed by atoms with Crippen LogP contribution >= 0.6 is 11.8 Å². The van der Waals surface area contributed by atoms with Crippen LogP contribution in [0.1, 0.15) is 54.9 Å². The lowest BCUT2D eigenvalue weighted by atomic mass is 9.95. The second-order valence-corrected chi connectivity index (χ2v) is 8.64. The van der Waals surface area contributed by atoms with Gasteiger partial charge in [0, 0.05) is 11.7 Å². The number of nitrogen functional groups attached to an aromatic ring is 1. The molecule has 0 unspecified atom stereocenters. The second kappa shape index (κ2) is 10.1. The van der Waals surface area contributed by atoms with Crippen molar-refractivity contribution in [3.8, 4) is 6.07 Å². The van der Waals surface area contributed by atoms with Gasteiger partial charge >= 0.3 is 0 Å². The fraction of sp³-hybridized carbons (Fsp3) is 0.364. The molecule has 1 atom stereocenters. The molecule has 0 spiro atoms. The Morgan fingerprint density at radius 3 is 2.60 bits per heavy atom. The SMILES string of the molecule is C[C@@H](Sc1nc(N)c(C(=O)Nc2ccccc2)cc1C#N)C(=O)NC1CCCCC1. The van der Waals surface area contributed by atoms with Crippen LogP contribution in [0.3, 0.4) is 0 Å². The summed E-state index contributed by atoms with van der Waals surface area (Å²) in [5.41, 5.74) is 6.96. The Bertz CT molecular complexity index is 952. The van der Waals surface area contributed by atoms with Gasteiger partial charge in [-0.1, -0.05) is 49.2 Å².